The fourth-order valence-electron chi connectivity index (χ4n) is 2.84. The standard InChI is InChI=1S/C23H20ClN3O3.BrH/c24-17-11-12-19(18(13-17)22(29)16-9-5-2-6-10-16)27-20(28)14-26-23(30)21(25)15-7-3-1-4-8-15;/h1-13,21H,14,25H2,(H,26,30)(H,27,28);1H. The predicted octanol–water partition coefficient (Wildman–Crippen LogP) is 3.90. The van der Waals surface area contributed by atoms with E-state index in [1.54, 1.807) is 66.7 Å². The minimum absolute atomic E-state index is 0. The molecule has 0 radical (unpaired) electrons. The summed E-state index contributed by atoms with van der Waals surface area (Å²) < 4.78 is 0. The van der Waals surface area contributed by atoms with Crippen molar-refractivity contribution in [1.82, 2.24) is 5.32 Å². The van der Waals surface area contributed by atoms with Crippen molar-refractivity contribution in [3.63, 3.8) is 0 Å². The van der Waals surface area contributed by atoms with Crippen molar-refractivity contribution in [3.8, 4) is 0 Å². The Kier molecular flexibility index (Phi) is 8.93. The summed E-state index contributed by atoms with van der Waals surface area (Å²) in [6.45, 7) is -0.291. The van der Waals surface area contributed by atoms with Crippen LogP contribution in [0.3, 0.4) is 0 Å². The molecule has 3 rings (SSSR count). The molecule has 0 aliphatic rings. The number of anilines is 1. The maximum absolute atomic E-state index is 12.8. The van der Waals surface area contributed by atoms with Gasteiger partial charge in [0.1, 0.15) is 6.04 Å². The zero-order valence-electron chi connectivity index (χ0n) is 16.4. The van der Waals surface area contributed by atoms with E-state index in [4.69, 9.17) is 17.3 Å². The van der Waals surface area contributed by atoms with E-state index in [1.807, 2.05) is 6.07 Å². The Morgan fingerprint density at radius 2 is 1.52 bits per heavy atom. The van der Waals surface area contributed by atoms with Crippen LogP contribution in [-0.4, -0.2) is 24.1 Å². The van der Waals surface area contributed by atoms with Crippen LogP contribution in [0.2, 0.25) is 5.02 Å². The zero-order valence-corrected chi connectivity index (χ0v) is 18.8. The fraction of sp³-hybridized carbons (Fsp3) is 0.0870. The van der Waals surface area contributed by atoms with E-state index in [0.29, 0.717) is 21.8 Å². The van der Waals surface area contributed by atoms with Crippen molar-refractivity contribution in [2.45, 2.75) is 6.04 Å². The third kappa shape index (κ3) is 6.49. The molecule has 0 aliphatic carbocycles. The lowest BCUT2D eigenvalue weighted by Gasteiger charge is -2.14. The van der Waals surface area contributed by atoms with Crippen molar-refractivity contribution in [1.29, 1.82) is 0 Å². The third-order valence-electron chi connectivity index (χ3n) is 4.40. The number of rotatable bonds is 7. The van der Waals surface area contributed by atoms with Gasteiger partial charge in [-0.3, -0.25) is 14.4 Å². The van der Waals surface area contributed by atoms with E-state index in [1.165, 1.54) is 6.07 Å². The normalized spacial score (nSPS) is 11.0. The number of nitrogens with one attached hydrogen (secondary N) is 2. The maximum atomic E-state index is 12.8. The summed E-state index contributed by atoms with van der Waals surface area (Å²) in [4.78, 5) is 37.4. The largest absolute Gasteiger partial charge is 0.345 e. The summed E-state index contributed by atoms with van der Waals surface area (Å²) in [7, 11) is 0. The molecule has 8 heteroatoms. The summed E-state index contributed by atoms with van der Waals surface area (Å²) in [5, 5.41) is 5.52. The summed E-state index contributed by atoms with van der Waals surface area (Å²) in [5.74, 6) is -1.25. The van der Waals surface area contributed by atoms with Gasteiger partial charge >= 0.3 is 0 Å². The second-order valence-corrected chi connectivity index (χ2v) is 6.98. The van der Waals surface area contributed by atoms with Gasteiger partial charge in [-0.25, -0.2) is 0 Å². The molecule has 2 amide bonds. The number of carbonyl (C=O) groups excluding carboxylic acids is 3. The average Bonchev–Trinajstić information content (AvgIpc) is 2.78. The summed E-state index contributed by atoms with van der Waals surface area (Å²) in [6.07, 6.45) is 0. The second-order valence-electron chi connectivity index (χ2n) is 6.54. The molecule has 0 spiro atoms. The van der Waals surface area contributed by atoms with Gasteiger partial charge in [-0.2, -0.15) is 0 Å². The van der Waals surface area contributed by atoms with Crippen molar-refractivity contribution in [3.05, 3.63) is 101 Å². The van der Waals surface area contributed by atoms with Gasteiger partial charge in [0, 0.05) is 16.1 Å². The summed E-state index contributed by atoms with van der Waals surface area (Å²) >= 11 is 6.04. The summed E-state index contributed by atoms with van der Waals surface area (Å²) in [6, 6.07) is 21.3. The molecule has 1 unspecified atom stereocenters. The number of halogens is 2. The van der Waals surface area contributed by atoms with Gasteiger partial charge in [-0.15, -0.1) is 17.0 Å². The van der Waals surface area contributed by atoms with E-state index < -0.39 is 17.9 Å². The van der Waals surface area contributed by atoms with Crippen molar-refractivity contribution in [2.75, 3.05) is 11.9 Å². The van der Waals surface area contributed by atoms with Crippen LogP contribution in [0.1, 0.15) is 27.5 Å². The molecular weight excluding hydrogens is 482 g/mol. The Balaban J connectivity index is 0.00000341. The minimum atomic E-state index is -0.884. The van der Waals surface area contributed by atoms with Crippen molar-refractivity contribution in [2.24, 2.45) is 5.73 Å². The van der Waals surface area contributed by atoms with E-state index in [9.17, 15) is 14.4 Å². The van der Waals surface area contributed by atoms with Gasteiger partial charge in [0.15, 0.2) is 5.78 Å². The number of carbonyl (C=O) groups is 3. The quantitative estimate of drug-likeness (QED) is 0.426. The lowest BCUT2D eigenvalue weighted by molar-refractivity contribution is -0.125. The number of benzene rings is 3. The number of hydrogen-bond acceptors (Lipinski definition) is 4. The Hall–Kier alpha value is -3.00. The van der Waals surface area contributed by atoms with Crippen LogP contribution >= 0.6 is 28.6 Å². The topological polar surface area (TPSA) is 101 Å². The number of ketones is 1. The molecule has 0 aromatic heterocycles. The smallest absolute Gasteiger partial charge is 0.243 e. The highest BCUT2D eigenvalue weighted by Gasteiger charge is 2.18. The van der Waals surface area contributed by atoms with E-state index in [2.05, 4.69) is 10.6 Å². The number of nitrogens with two attached hydrogens (primary N) is 1. The Morgan fingerprint density at radius 3 is 2.16 bits per heavy atom. The van der Waals surface area contributed by atoms with E-state index in [0.717, 1.165) is 0 Å². The first-order valence-electron chi connectivity index (χ1n) is 9.23. The molecule has 4 N–H and O–H groups in total. The molecule has 1 atom stereocenters. The first kappa shape index (κ1) is 24.3. The van der Waals surface area contributed by atoms with E-state index in [-0.39, 0.29) is 34.9 Å². The first-order valence-corrected chi connectivity index (χ1v) is 9.61. The number of amides is 2. The molecule has 6 nitrogen and oxygen atoms in total. The van der Waals surface area contributed by atoms with E-state index >= 15 is 0 Å². The monoisotopic (exact) mass is 501 g/mol. The highest BCUT2D eigenvalue weighted by molar-refractivity contribution is 8.93. The average molecular weight is 503 g/mol. The second kappa shape index (κ2) is 11.4. The number of hydrogen-bond donors (Lipinski definition) is 3. The van der Waals surface area contributed by atoms with Gasteiger partial charge in [0.05, 0.1) is 12.2 Å². The zero-order chi connectivity index (χ0) is 21.5. The van der Waals surface area contributed by atoms with Crippen LogP contribution in [0.15, 0.2) is 78.9 Å². The molecular formula is C23H21BrClN3O3. The van der Waals surface area contributed by atoms with Gasteiger partial charge in [0.2, 0.25) is 11.8 Å². The van der Waals surface area contributed by atoms with Crippen LogP contribution < -0.4 is 16.4 Å². The van der Waals surface area contributed by atoms with Crippen LogP contribution in [-0.2, 0) is 9.59 Å². The maximum Gasteiger partial charge on any atom is 0.243 e. The van der Waals surface area contributed by atoms with Gasteiger partial charge in [-0.1, -0.05) is 72.3 Å². The minimum Gasteiger partial charge on any atom is -0.345 e. The Bertz CT molecular complexity index is 1060. The predicted molar refractivity (Wildman–Crippen MR) is 127 cm³/mol. The molecule has 0 aliphatic heterocycles. The van der Waals surface area contributed by atoms with Crippen LogP contribution in [0, 0.1) is 0 Å². The third-order valence-corrected chi connectivity index (χ3v) is 4.64. The van der Waals surface area contributed by atoms with Gasteiger partial charge < -0.3 is 16.4 Å². The molecule has 3 aromatic rings. The molecule has 3 aromatic carbocycles. The molecule has 160 valence electrons. The highest BCUT2D eigenvalue weighted by atomic mass is 79.9. The van der Waals surface area contributed by atoms with Gasteiger partial charge in [-0.05, 0) is 23.8 Å². The Labute approximate surface area is 195 Å². The lowest BCUT2D eigenvalue weighted by atomic mass is 10.0. The molecule has 31 heavy (non-hydrogen) atoms. The van der Waals surface area contributed by atoms with Crippen molar-refractivity contribution < 1.29 is 14.4 Å². The fourth-order valence-corrected chi connectivity index (χ4v) is 3.01. The molecule has 0 heterocycles. The molecule has 0 saturated heterocycles. The van der Waals surface area contributed by atoms with Crippen molar-refractivity contribution >= 4 is 51.9 Å². The SMILES string of the molecule is Br.NC(C(=O)NCC(=O)Nc1ccc(Cl)cc1C(=O)c1ccccc1)c1ccccc1. The summed E-state index contributed by atoms with van der Waals surface area (Å²) in [5.41, 5.74) is 7.60. The lowest BCUT2D eigenvalue weighted by Crippen LogP contribution is -2.38. The van der Waals surface area contributed by atoms with Crippen LogP contribution in [0.5, 0.6) is 0 Å². The van der Waals surface area contributed by atoms with Crippen LogP contribution in [0.25, 0.3) is 0 Å². The highest BCUT2D eigenvalue weighted by Crippen LogP contribution is 2.23. The first-order chi connectivity index (χ1) is 14.5. The van der Waals surface area contributed by atoms with Gasteiger partial charge in [0.25, 0.3) is 0 Å². The molecule has 0 fully saturated rings. The molecule has 0 saturated carbocycles. The van der Waals surface area contributed by atoms with Crippen LogP contribution in [0.4, 0.5) is 5.69 Å². The molecule has 0 bridgehead atoms. The Morgan fingerprint density at radius 1 is 0.903 bits per heavy atom.